The zero-order valence-electron chi connectivity index (χ0n) is 14.8. The van der Waals surface area contributed by atoms with Gasteiger partial charge in [0.05, 0.1) is 19.1 Å². The lowest BCUT2D eigenvalue weighted by Crippen LogP contribution is -2.47. The predicted molar refractivity (Wildman–Crippen MR) is 101 cm³/mol. The molecule has 0 saturated carbocycles. The molecule has 2 heterocycles. The monoisotopic (exact) mass is 361 g/mol. The standard InChI is InChI=1S/C18H23N3O3S/c1-4-20-7-9-21(10-8-20)18-19-17(22)16(25-18)12-13-5-6-14(23-2)15(11-13)24-3/h5-6,11-12H,4,7-10H2,1-3H3/b16-12-. The summed E-state index contributed by atoms with van der Waals surface area (Å²) >= 11 is 1.45. The SMILES string of the molecule is CCN1CCN(C2=NC(=O)/C(=C/c3ccc(OC)c(OC)c3)S2)CC1. The zero-order chi connectivity index (χ0) is 17.8. The van der Waals surface area contributed by atoms with Gasteiger partial charge in [0, 0.05) is 26.2 Å². The van der Waals surface area contributed by atoms with Crippen molar-refractivity contribution >= 4 is 28.9 Å². The Kier molecular flexibility index (Phi) is 5.65. The fourth-order valence-corrected chi connectivity index (χ4v) is 3.85. The first-order valence-corrected chi connectivity index (χ1v) is 9.18. The number of carbonyl (C=O) groups excluding carboxylic acids is 1. The van der Waals surface area contributed by atoms with Crippen molar-refractivity contribution in [3.05, 3.63) is 28.7 Å². The van der Waals surface area contributed by atoms with Crippen molar-refractivity contribution < 1.29 is 14.3 Å². The third-order valence-corrected chi connectivity index (χ3v) is 5.45. The van der Waals surface area contributed by atoms with Crippen molar-refractivity contribution in [1.29, 1.82) is 0 Å². The number of hydrogen-bond acceptors (Lipinski definition) is 6. The first-order chi connectivity index (χ1) is 12.1. The average Bonchev–Trinajstić information content (AvgIpc) is 3.02. The van der Waals surface area contributed by atoms with E-state index in [1.165, 1.54) is 11.8 Å². The van der Waals surface area contributed by atoms with Crippen LogP contribution in [0, 0.1) is 0 Å². The molecule has 3 rings (SSSR count). The molecule has 0 bridgehead atoms. The summed E-state index contributed by atoms with van der Waals surface area (Å²) in [4.78, 5) is 21.7. The van der Waals surface area contributed by atoms with Gasteiger partial charge in [0.15, 0.2) is 16.7 Å². The highest BCUT2D eigenvalue weighted by molar-refractivity contribution is 8.18. The fourth-order valence-electron chi connectivity index (χ4n) is 2.88. The van der Waals surface area contributed by atoms with Gasteiger partial charge in [-0.05, 0) is 42.1 Å². The first-order valence-electron chi connectivity index (χ1n) is 8.36. The molecule has 0 radical (unpaired) electrons. The molecule has 134 valence electrons. The van der Waals surface area contributed by atoms with Crippen LogP contribution in [-0.4, -0.2) is 67.8 Å². The van der Waals surface area contributed by atoms with E-state index >= 15 is 0 Å². The number of piperazine rings is 1. The van der Waals surface area contributed by atoms with E-state index in [1.807, 2.05) is 24.3 Å². The highest BCUT2D eigenvalue weighted by Crippen LogP contribution is 2.33. The molecule has 1 saturated heterocycles. The lowest BCUT2D eigenvalue weighted by Gasteiger charge is -2.34. The molecular weight excluding hydrogens is 338 g/mol. The number of amides is 1. The number of nitrogens with zero attached hydrogens (tertiary/aromatic N) is 3. The predicted octanol–water partition coefficient (Wildman–Crippen LogP) is 2.31. The van der Waals surface area contributed by atoms with Crippen LogP contribution in [0.5, 0.6) is 11.5 Å². The molecule has 1 fully saturated rings. The number of amidine groups is 1. The van der Waals surface area contributed by atoms with Gasteiger partial charge in [-0.3, -0.25) is 4.79 Å². The molecule has 0 unspecified atom stereocenters. The van der Waals surface area contributed by atoms with E-state index in [0.717, 1.165) is 43.5 Å². The van der Waals surface area contributed by atoms with Gasteiger partial charge < -0.3 is 19.3 Å². The summed E-state index contributed by atoms with van der Waals surface area (Å²) in [6.07, 6.45) is 1.85. The zero-order valence-corrected chi connectivity index (χ0v) is 15.6. The topological polar surface area (TPSA) is 54.4 Å². The van der Waals surface area contributed by atoms with E-state index in [-0.39, 0.29) is 5.91 Å². The molecule has 25 heavy (non-hydrogen) atoms. The summed E-state index contributed by atoms with van der Waals surface area (Å²) in [5, 5.41) is 0.812. The Balaban J connectivity index is 1.71. The van der Waals surface area contributed by atoms with Crippen LogP contribution < -0.4 is 9.47 Å². The van der Waals surface area contributed by atoms with Crippen molar-refractivity contribution in [2.75, 3.05) is 46.9 Å². The molecule has 1 aromatic carbocycles. The van der Waals surface area contributed by atoms with Crippen molar-refractivity contribution in [1.82, 2.24) is 9.80 Å². The summed E-state index contributed by atoms with van der Waals surface area (Å²) < 4.78 is 10.6. The lowest BCUT2D eigenvalue weighted by molar-refractivity contribution is -0.113. The number of methoxy groups -OCH3 is 2. The lowest BCUT2D eigenvalue weighted by atomic mass is 10.2. The smallest absolute Gasteiger partial charge is 0.286 e. The van der Waals surface area contributed by atoms with Crippen molar-refractivity contribution in [3.8, 4) is 11.5 Å². The molecule has 2 aliphatic heterocycles. The van der Waals surface area contributed by atoms with Gasteiger partial charge in [-0.25, -0.2) is 0 Å². The van der Waals surface area contributed by atoms with Gasteiger partial charge in [-0.2, -0.15) is 4.99 Å². The van der Waals surface area contributed by atoms with Gasteiger partial charge in [-0.15, -0.1) is 0 Å². The number of rotatable bonds is 4. The molecule has 0 N–H and O–H groups in total. The Labute approximate surface area is 152 Å². The van der Waals surface area contributed by atoms with Crippen molar-refractivity contribution in [3.63, 3.8) is 0 Å². The second-order valence-electron chi connectivity index (χ2n) is 5.85. The van der Waals surface area contributed by atoms with Crippen LogP contribution in [0.15, 0.2) is 28.1 Å². The van der Waals surface area contributed by atoms with E-state index in [0.29, 0.717) is 16.4 Å². The number of hydrogen-bond donors (Lipinski definition) is 0. The molecule has 2 aliphatic rings. The van der Waals surface area contributed by atoms with Gasteiger partial charge in [-0.1, -0.05) is 13.0 Å². The number of benzene rings is 1. The number of carbonyl (C=O) groups is 1. The molecule has 0 aliphatic carbocycles. The second kappa shape index (κ2) is 7.93. The van der Waals surface area contributed by atoms with Gasteiger partial charge in [0.25, 0.3) is 5.91 Å². The van der Waals surface area contributed by atoms with E-state index in [2.05, 4.69) is 21.7 Å². The van der Waals surface area contributed by atoms with Crippen LogP contribution in [0.25, 0.3) is 6.08 Å². The van der Waals surface area contributed by atoms with E-state index < -0.39 is 0 Å². The van der Waals surface area contributed by atoms with Gasteiger partial charge in [0.2, 0.25) is 0 Å². The fraction of sp³-hybridized carbons (Fsp3) is 0.444. The molecule has 1 amide bonds. The summed E-state index contributed by atoms with van der Waals surface area (Å²) in [7, 11) is 3.20. The molecule has 7 heteroatoms. The Hall–Kier alpha value is -1.99. The number of ether oxygens (including phenoxy) is 2. The molecule has 0 atom stereocenters. The minimum Gasteiger partial charge on any atom is -0.493 e. The third-order valence-electron chi connectivity index (χ3n) is 4.40. The van der Waals surface area contributed by atoms with Crippen LogP contribution in [0.1, 0.15) is 12.5 Å². The maximum absolute atomic E-state index is 12.3. The van der Waals surface area contributed by atoms with Crippen LogP contribution in [0.2, 0.25) is 0 Å². The minimum atomic E-state index is -0.173. The largest absolute Gasteiger partial charge is 0.493 e. The van der Waals surface area contributed by atoms with Crippen LogP contribution in [0.4, 0.5) is 0 Å². The number of thioether (sulfide) groups is 1. The number of likely N-dealkylation sites (N-methyl/N-ethyl adjacent to an activating group) is 1. The van der Waals surface area contributed by atoms with E-state index in [4.69, 9.17) is 9.47 Å². The number of aliphatic imine (C=N–C) groups is 1. The van der Waals surface area contributed by atoms with Crippen molar-refractivity contribution in [2.45, 2.75) is 6.92 Å². The first kappa shape index (κ1) is 17.8. The molecule has 6 nitrogen and oxygen atoms in total. The Morgan fingerprint density at radius 2 is 1.88 bits per heavy atom. The minimum absolute atomic E-state index is 0.173. The van der Waals surface area contributed by atoms with Crippen LogP contribution in [0.3, 0.4) is 0 Å². The highest BCUT2D eigenvalue weighted by Gasteiger charge is 2.28. The Bertz CT molecular complexity index is 710. The molecular formula is C18H23N3O3S. The quantitative estimate of drug-likeness (QED) is 0.767. The second-order valence-corrected chi connectivity index (χ2v) is 6.86. The summed E-state index contributed by atoms with van der Waals surface area (Å²) in [5.74, 6) is 1.14. The summed E-state index contributed by atoms with van der Waals surface area (Å²) in [5.41, 5.74) is 0.890. The van der Waals surface area contributed by atoms with E-state index in [1.54, 1.807) is 14.2 Å². The van der Waals surface area contributed by atoms with Gasteiger partial charge >= 0.3 is 0 Å². The summed E-state index contributed by atoms with van der Waals surface area (Å²) in [6.45, 7) is 7.09. The highest BCUT2D eigenvalue weighted by atomic mass is 32.2. The van der Waals surface area contributed by atoms with Crippen LogP contribution >= 0.6 is 11.8 Å². The average molecular weight is 361 g/mol. The normalized spacial score (nSPS) is 20.1. The molecule has 0 spiro atoms. The summed E-state index contributed by atoms with van der Waals surface area (Å²) in [6, 6.07) is 5.60. The third kappa shape index (κ3) is 3.99. The van der Waals surface area contributed by atoms with E-state index in [9.17, 15) is 4.79 Å². The molecule has 1 aromatic rings. The maximum atomic E-state index is 12.3. The van der Waals surface area contributed by atoms with Gasteiger partial charge in [0.1, 0.15) is 0 Å². The van der Waals surface area contributed by atoms with Crippen LogP contribution in [-0.2, 0) is 4.79 Å². The maximum Gasteiger partial charge on any atom is 0.286 e. The van der Waals surface area contributed by atoms with Crippen molar-refractivity contribution in [2.24, 2.45) is 4.99 Å². The Morgan fingerprint density at radius 3 is 2.52 bits per heavy atom. The Morgan fingerprint density at radius 1 is 1.16 bits per heavy atom. The molecule has 0 aromatic heterocycles.